The first kappa shape index (κ1) is 7.98. The highest BCUT2D eigenvalue weighted by Crippen LogP contribution is 2.47. The highest BCUT2D eigenvalue weighted by Gasteiger charge is 2.50. The Kier molecular flexibility index (Phi) is 1.76. The molecule has 3 atom stereocenters. The van der Waals surface area contributed by atoms with Gasteiger partial charge in [0.1, 0.15) is 0 Å². The van der Waals surface area contributed by atoms with Gasteiger partial charge in [0.15, 0.2) is 3.79 Å². The third-order valence-electron chi connectivity index (χ3n) is 2.79. The molecule has 0 N–H and O–H groups in total. The number of carbonyl (C=O) groups is 1. The molecule has 1 heterocycles. The molecule has 2 nitrogen and oxygen atoms in total. The largest absolute Gasteiger partial charge is 0.370 e. The van der Waals surface area contributed by atoms with Crippen LogP contribution in [0.3, 0.4) is 0 Å². The van der Waals surface area contributed by atoms with E-state index in [1.54, 1.807) is 0 Å². The van der Waals surface area contributed by atoms with Crippen LogP contribution in [-0.4, -0.2) is 16.0 Å². The quantitative estimate of drug-likeness (QED) is 0.412. The molecule has 0 radical (unpaired) electrons. The van der Waals surface area contributed by atoms with Gasteiger partial charge in [-0.15, -0.1) is 0 Å². The van der Waals surface area contributed by atoms with E-state index in [1.807, 2.05) is 22.6 Å². The molecule has 0 aromatic carbocycles. The van der Waals surface area contributed by atoms with Crippen molar-refractivity contribution in [2.45, 2.75) is 38.4 Å². The molecule has 11 heavy (non-hydrogen) atoms. The molecular formula is C8H11IO2. The summed E-state index contributed by atoms with van der Waals surface area (Å²) in [7, 11) is 0. The fourth-order valence-corrected chi connectivity index (χ4v) is 2.29. The zero-order valence-electron chi connectivity index (χ0n) is 6.47. The maximum Gasteiger partial charge on any atom is 0.198 e. The van der Waals surface area contributed by atoms with Crippen LogP contribution >= 0.6 is 22.6 Å². The van der Waals surface area contributed by atoms with Crippen LogP contribution in [0.2, 0.25) is 0 Å². The van der Waals surface area contributed by atoms with Gasteiger partial charge in [-0.1, -0.05) is 6.92 Å². The molecule has 1 aliphatic heterocycles. The molecule has 1 saturated carbocycles. The van der Waals surface area contributed by atoms with E-state index in [0.29, 0.717) is 16.0 Å². The summed E-state index contributed by atoms with van der Waals surface area (Å²) in [5, 5.41) is 0. The van der Waals surface area contributed by atoms with Crippen LogP contribution in [0, 0.1) is 5.41 Å². The first-order chi connectivity index (χ1) is 5.12. The first-order valence-corrected chi connectivity index (χ1v) is 5.05. The number of halogens is 1. The van der Waals surface area contributed by atoms with Crippen LogP contribution in [0.1, 0.15) is 26.2 Å². The second-order valence-corrected chi connectivity index (χ2v) is 4.77. The second-order valence-electron chi connectivity index (χ2n) is 3.79. The summed E-state index contributed by atoms with van der Waals surface area (Å²) in [4.78, 5) is 11.2. The molecule has 2 rings (SSSR count). The van der Waals surface area contributed by atoms with E-state index in [0.717, 1.165) is 19.3 Å². The van der Waals surface area contributed by atoms with Crippen molar-refractivity contribution in [2.75, 3.05) is 0 Å². The fraction of sp³-hybridized carbons (Fsp3) is 0.875. The lowest BCUT2D eigenvalue weighted by molar-refractivity contribution is -0.118. The van der Waals surface area contributed by atoms with Crippen LogP contribution in [0.4, 0.5) is 0 Å². The molecule has 3 unspecified atom stereocenters. The topological polar surface area (TPSA) is 29.6 Å². The van der Waals surface area contributed by atoms with Crippen LogP contribution < -0.4 is 0 Å². The minimum atomic E-state index is -0.0851. The molecule has 0 bridgehead atoms. The number of ether oxygens (including phenoxy) is 1. The summed E-state index contributed by atoms with van der Waals surface area (Å²) in [6.45, 7) is 2.06. The smallest absolute Gasteiger partial charge is 0.198 e. The fourth-order valence-electron chi connectivity index (χ4n) is 1.80. The van der Waals surface area contributed by atoms with Crippen molar-refractivity contribution in [3.05, 3.63) is 0 Å². The van der Waals surface area contributed by atoms with E-state index in [4.69, 9.17) is 4.74 Å². The lowest BCUT2D eigenvalue weighted by Crippen LogP contribution is -2.29. The molecule has 0 spiro atoms. The number of epoxide rings is 1. The summed E-state index contributed by atoms with van der Waals surface area (Å²) in [6, 6.07) is 0. The summed E-state index contributed by atoms with van der Waals surface area (Å²) >= 11 is 1.91. The highest BCUT2D eigenvalue weighted by atomic mass is 127. The Hall–Kier alpha value is 0.360. The molecule has 1 saturated heterocycles. The van der Waals surface area contributed by atoms with Gasteiger partial charge >= 0.3 is 0 Å². The average Bonchev–Trinajstić information content (AvgIpc) is 2.65. The molecule has 0 aromatic heterocycles. The Labute approximate surface area is 79.8 Å². The minimum Gasteiger partial charge on any atom is -0.370 e. The van der Waals surface area contributed by atoms with E-state index in [9.17, 15) is 4.79 Å². The first-order valence-electron chi connectivity index (χ1n) is 3.97. The SMILES string of the molecule is CC1(C(=O)I)CCC2OC2C1. The van der Waals surface area contributed by atoms with E-state index in [-0.39, 0.29) is 5.41 Å². The van der Waals surface area contributed by atoms with Crippen molar-refractivity contribution < 1.29 is 9.53 Å². The Morgan fingerprint density at radius 3 is 2.91 bits per heavy atom. The maximum atomic E-state index is 11.2. The zero-order valence-corrected chi connectivity index (χ0v) is 8.63. The monoisotopic (exact) mass is 266 g/mol. The third-order valence-corrected chi connectivity index (χ3v) is 4.10. The summed E-state index contributed by atoms with van der Waals surface area (Å²) in [5.41, 5.74) is -0.0851. The van der Waals surface area contributed by atoms with Crippen molar-refractivity contribution in [1.82, 2.24) is 0 Å². The molecule has 0 aromatic rings. The Morgan fingerprint density at radius 1 is 1.64 bits per heavy atom. The van der Waals surface area contributed by atoms with Crippen molar-refractivity contribution in [1.29, 1.82) is 0 Å². The van der Waals surface area contributed by atoms with E-state index < -0.39 is 0 Å². The van der Waals surface area contributed by atoms with Gasteiger partial charge in [-0.3, -0.25) is 4.79 Å². The van der Waals surface area contributed by atoms with Crippen LogP contribution in [0.15, 0.2) is 0 Å². The number of rotatable bonds is 1. The zero-order chi connectivity index (χ0) is 8.06. The van der Waals surface area contributed by atoms with Crippen molar-refractivity contribution in [3.8, 4) is 0 Å². The van der Waals surface area contributed by atoms with E-state index in [1.165, 1.54) is 0 Å². The Morgan fingerprint density at radius 2 is 2.36 bits per heavy atom. The van der Waals surface area contributed by atoms with Gasteiger partial charge in [0.05, 0.1) is 12.2 Å². The number of fused-ring (bicyclic) bond motifs is 1. The van der Waals surface area contributed by atoms with Gasteiger partial charge in [-0.25, -0.2) is 0 Å². The molecule has 3 heteroatoms. The normalized spacial score (nSPS) is 48.2. The van der Waals surface area contributed by atoms with Crippen molar-refractivity contribution in [2.24, 2.45) is 5.41 Å². The molecule has 62 valence electrons. The summed E-state index contributed by atoms with van der Waals surface area (Å²) in [5.74, 6) is 0. The second kappa shape index (κ2) is 2.42. The van der Waals surface area contributed by atoms with Crippen LogP contribution in [-0.2, 0) is 9.53 Å². The number of hydrogen-bond donors (Lipinski definition) is 0. The molecule has 0 amide bonds. The standard InChI is InChI=1S/C8H11IO2/c1-8(7(9)10)3-2-5-6(4-8)11-5/h5-6H,2-4H2,1H3. The maximum absolute atomic E-state index is 11.2. The molecular weight excluding hydrogens is 255 g/mol. The minimum absolute atomic E-state index is 0.0851. The Bertz CT molecular complexity index is 204. The predicted octanol–water partition coefficient (Wildman–Crippen LogP) is 1.91. The van der Waals surface area contributed by atoms with Gasteiger partial charge < -0.3 is 4.74 Å². The summed E-state index contributed by atoms with van der Waals surface area (Å²) < 4.78 is 5.66. The number of hydrogen-bond acceptors (Lipinski definition) is 2. The van der Waals surface area contributed by atoms with Gasteiger partial charge in [-0.2, -0.15) is 0 Å². The molecule has 1 aliphatic carbocycles. The highest BCUT2D eigenvalue weighted by molar-refractivity contribution is 14.1. The number of carbonyl (C=O) groups excluding carboxylic acids is 1. The van der Waals surface area contributed by atoms with Crippen molar-refractivity contribution >= 4 is 26.4 Å². The van der Waals surface area contributed by atoms with E-state index >= 15 is 0 Å². The van der Waals surface area contributed by atoms with E-state index in [2.05, 4.69) is 6.92 Å². The molecule has 2 fully saturated rings. The van der Waals surface area contributed by atoms with Gasteiger partial charge in [0.2, 0.25) is 0 Å². The third kappa shape index (κ3) is 1.33. The van der Waals surface area contributed by atoms with Gasteiger partial charge in [-0.05, 0) is 19.3 Å². The Balaban J connectivity index is 2.08. The van der Waals surface area contributed by atoms with Gasteiger partial charge in [0, 0.05) is 28.0 Å². The van der Waals surface area contributed by atoms with Crippen LogP contribution in [0.25, 0.3) is 0 Å². The van der Waals surface area contributed by atoms with Crippen LogP contribution in [0.5, 0.6) is 0 Å². The molecule has 2 aliphatic rings. The summed E-state index contributed by atoms with van der Waals surface area (Å²) in [6.07, 6.45) is 3.94. The lowest BCUT2D eigenvalue weighted by Gasteiger charge is -2.27. The van der Waals surface area contributed by atoms with Gasteiger partial charge in [0.25, 0.3) is 0 Å². The van der Waals surface area contributed by atoms with Crippen molar-refractivity contribution in [3.63, 3.8) is 0 Å². The predicted molar refractivity (Wildman–Crippen MR) is 49.6 cm³/mol. The average molecular weight is 266 g/mol. The lowest BCUT2D eigenvalue weighted by atomic mass is 9.77.